The van der Waals surface area contributed by atoms with Gasteiger partial charge in [-0.2, -0.15) is 0 Å². The first-order valence-corrected chi connectivity index (χ1v) is 5.85. The normalized spacial score (nSPS) is 12.8. The molecule has 0 aromatic rings. The van der Waals surface area contributed by atoms with Crippen LogP contribution in [0.1, 0.15) is 0 Å². The van der Waals surface area contributed by atoms with Crippen LogP contribution in [0, 0.1) is 0 Å². The van der Waals surface area contributed by atoms with Gasteiger partial charge in [0.25, 0.3) is 12.7 Å². The predicted octanol–water partition coefficient (Wildman–Crippen LogP) is 3.01. The first-order chi connectivity index (χ1) is 4.67. The van der Waals surface area contributed by atoms with Crippen LogP contribution in [0.3, 0.4) is 0 Å². The van der Waals surface area contributed by atoms with Crippen molar-refractivity contribution in [3.63, 3.8) is 0 Å². The quantitative estimate of drug-likeness (QED) is 0.575. The molecule has 0 bridgehead atoms. The third kappa shape index (κ3) is 4.06. The van der Waals surface area contributed by atoms with Gasteiger partial charge in [0.05, 0.1) is 0 Å². The summed E-state index contributed by atoms with van der Waals surface area (Å²) in [7, 11) is 0.676. The molecule has 0 atom stereocenters. The molecule has 0 saturated carbocycles. The molecule has 66 valence electrons. The van der Waals surface area contributed by atoms with Crippen molar-refractivity contribution in [2.75, 3.05) is 0 Å². The van der Waals surface area contributed by atoms with Crippen LogP contribution in [0.25, 0.3) is 0 Å². The third-order valence-electron chi connectivity index (χ3n) is 0.602. The van der Waals surface area contributed by atoms with Crippen molar-refractivity contribution in [3.05, 3.63) is 10.6 Å². The minimum absolute atomic E-state index is 0.376. The van der Waals surface area contributed by atoms with Gasteiger partial charge in [0, 0.05) is 10.7 Å². The topological polar surface area (TPSA) is 34.1 Å². The van der Waals surface area contributed by atoms with Gasteiger partial charge < -0.3 is 0 Å². The van der Waals surface area contributed by atoms with E-state index in [4.69, 9.17) is 57.1 Å². The molecule has 0 aliphatic heterocycles. The third-order valence-corrected chi connectivity index (χ3v) is 4.23. The molecule has 11 heavy (non-hydrogen) atoms. The second-order valence-corrected chi connectivity index (χ2v) is 7.01. The van der Waals surface area contributed by atoms with Gasteiger partial charge in [0.2, 0.25) is 0 Å². The molecule has 8 heteroatoms. The monoisotopic (exact) mass is 276 g/mol. The predicted molar refractivity (Wildman–Crippen MR) is 49.0 cm³/mol. The zero-order chi connectivity index (χ0) is 9.28. The molecule has 2 nitrogen and oxygen atoms in total. The Morgan fingerprint density at radius 3 is 1.73 bits per heavy atom. The van der Waals surface area contributed by atoms with Crippen molar-refractivity contribution in [2.45, 2.75) is 3.67 Å². The van der Waals surface area contributed by atoms with E-state index in [2.05, 4.69) is 0 Å². The maximum absolute atomic E-state index is 10.5. The smallest absolute Gasteiger partial charge is 0.209 e. The number of alkyl halides is 2. The molecule has 0 aromatic carbocycles. The highest BCUT2D eigenvalue weighted by Crippen LogP contribution is 2.35. The van der Waals surface area contributed by atoms with Crippen molar-refractivity contribution in [1.82, 2.24) is 0 Å². The molecule has 0 fully saturated rings. The van der Waals surface area contributed by atoms with Crippen LogP contribution in [0.2, 0.25) is 0 Å². The Bertz CT molecular complexity index is 261. The van der Waals surface area contributed by atoms with E-state index in [1.165, 1.54) is 0 Å². The maximum atomic E-state index is 10.5. The minimum Gasteiger partial charge on any atom is -0.209 e. The summed E-state index contributed by atoms with van der Waals surface area (Å²) in [5.74, 6) is 0. The highest BCUT2D eigenvalue weighted by molar-refractivity contribution is 8.16. The molecule has 0 aliphatic rings. The zero-order valence-corrected chi connectivity index (χ0v) is 9.29. The van der Waals surface area contributed by atoms with Gasteiger partial charge in [0.15, 0.2) is 0 Å². The molecule has 0 N–H and O–H groups in total. The van der Waals surface area contributed by atoms with E-state index >= 15 is 0 Å². The van der Waals surface area contributed by atoms with E-state index in [9.17, 15) is 8.42 Å². The second kappa shape index (κ2) is 3.90. The average Bonchev–Trinajstić information content (AvgIpc) is 1.56. The zero-order valence-electron chi connectivity index (χ0n) is 4.69. The molecule has 0 heterocycles. The van der Waals surface area contributed by atoms with Crippen molar-refractivity contribution < 1.29 is 8.42 Å². The molecule has 0 saturated heterocycles. The van der Waals surface area contributed by atoms with Gasteiger partial charge in [-0.1, -0.05) is 46.4 Å². The number of hydrogen-bond acceptors (Lipinski definition) is 2. The first-order valence-electron chi connectivity index (χ1n) is 2.03. The largest absolute Gasteiger partial charge is 0.270 e. The molecule has 0 spiro atoms. The summed E-state index contributed by atoms with van der Waals surface area (Å²) in [6.45, 7) is 0. The highest BCUT2D eigenvalue weighted by Gasteiger charge is 2.36. The summed E-state index contributed by atoms with van der Waals surface area (Å²) in [6, 6.07) is 0. The first kappa shape index (κ1) is 12.1. The van der Waals surface area contributed by atoms with Gasteiger partial charge in [0.1, 0.15) is 4.49 Å². The van der Waals surface area contributed by atoms with E-state index in [1.807, 2.05) is 0 Å². The average molecular weight is 278 g/mol. The van der Waals surface area contributed by atoms with Gasteiger partial charge in [-0.25, -0.2) is 8.42 Å². The van der Waals surface area contributed by atoms with E-state index in [-0.39, 0.29) is 4.49 Å². The van der Waals surface area contributed by atoms with Crippen LogP contribution in [0.5, 0.6) is 0 Å². The summed E-state index contributed by atoms with van der Waals surface area (Å²) >= 11 is 20.6. The fraction of sp³-hybridized carbons (Fsp3) is 0.333. The van der Waals surface area contributed by atoms with Crippen LogP contribution < -0.4 is 0 Å². The Labute approximate surface area is 88.4 Å². The second-order valence-electron chi connectivity index (χ2n) is 1.43. The molecule has 0 radical (unpaired) electrons. The van der Waals surface area contributed by atoms with E-state index in [1.54, 1.807) is 0 Å². The number of halogens is 5. The minimum atomic E-state index is -4.14. The Morgan fingerprint density at radius 1 is 1.27 bits per heavy atom. The van der Waals surface area contributed by atoms with E-state index < -0.39 is 12.7 Å². The van der Waals surface area contributed by atoms with Crippen LogP contribution in [-0.2, 0) is 9.05 Å². The lowest BCUT2D eigenvalue weighted by Gasteiger charge is -2.08. The molecule has 0 aromatic heterocycles. The molecule has 0 aliphatic carbocycles. The van der Waals surface area contributed by atoms with Crippen LogP contribution in [0.15, 0.2) is 10.6 Å². The van der Waals surface area contributed by atoms with Crippen molar-refractivity contribution in [2.24, 2.45) is 0 Å². The summed E-state index contributed by atoms with van der Waals surface area (Å²) < 4.78 is 18.4. The van der Waals surface area contributed by atoms with Crippen LogP contribution >= 0.6 is 57.1 Å². The van der Waals surface area contributed by atoms with Gasteiger partial charge in [-0.15, -0.1) is 0 Å². The molecule has 0 unspecified atom stereocenters. The van der Waals surface area contributed by atoms with Crippen molar-refractivity contribution in [1.29, 1.82) is 0 Å². The SMILES string of the molecule is O=S(=O)(Cl)C(Cl)(Cl)C=C(Cl)Cl. The number of hydrogen-bond donors (Lipinski definition) is 0. The molecular weight excluding hydrogens is 277 g/mol. The summed E-state index contributed by atoms with van der Waals surface area (Å²) in [5.41, 5.74) is 0. The Balaban J connectivity index is 4.92. The molecular formula is C3HCl5O2S. The van der Waals surface area contributed by atoms with Crippen molar-refractivity contribution in [3.8, 4) is 0 Å². The van der Waals surface area contributed by atoms with E-state index in [0.29, 0.717) is 6.08 Å². The molecule has 0 rings (SSSR count). The Kier molecular flexibility index (Phi) is 4.30. The lowest BCUT2D eigenvalue weighted by Crippen LogP contribution is -2.18. The van der Waals surface area contributed by atoms with Gasteiger partial charge >= 0.3 is 0 Å². The lowest BCUT2D eigenvalue weighted by molar-refractivity contribution is 0.607. The van der Waals surface area contributed by atoms with Crippen molar-refractivity contribution >= 4 is 66.1 Å². The number of rotatable bonds is 2. The Morgan fingerprint density at radius 2 is 1.64 bits per heavy atom. The fourth-order valence-corrected chi connectivity index (χ4v) is 1.49. The highest BCUT2D eigenvalue weighted by atomic mass is 35.7. The summed E-state index contributed by atoms with van der Waals surface area (Å²) in [6.07, 6.45) is 0.696. The van der Waals surface area contributed by atoms with Gasteiger partial charge in [-0.3, -0.25) is 0 Å². The lowest BCUT2D eigenvalue weighted by atomic mass is 10.7. The van der Waals surface area contributed by atoms with Gasteiger partial charge in [-0.05, 0) is 6.08 Å². The molecule has 0 amide bonds. The summed E-state index contributed by atoms with van der Waals surface area (Å²) in [5, 5.41) is 0. The van der Waals surface area contributed by atoms with Crippen LogP contribution in [0.4, 0.5) is 0 Å². The maximum Gasteiger partial charge on any atom is 0.270 e. The standard InChI is InChI=1S/C3HCl5O2S/c4-2(5)1-3(6,7)11(8,9)10/h1H. The fourth-order valence-electron chi connectivity index (χ4n) is 0.197. The Hall–Kier alpha value is 1.14. The van der Waals surface area contributed by atoms with E-state index in [0.717, 1.165) is 0 Å². The van der Waals surface area contributed by atoms with Crippen LogP contribution in [-0.4, -0.2) is 12.1 Å². The summed E-state index contributed by atoms with van der Waals surface area (Å²) in [4.78, 5) is 0.